The molecule has 2 aliphatic heterocycles. The molecule has 274 valence electrons. The molecular weight excluding hydrogens is 632 g/mol. The van der Waals surface area contributed by atoms with Crippen LogP contribution >= 0.6 is 0 Å². The first kappa shape index (κ1) is 37.5. The van der Waals surface area contributed by atoms with Crippen molar-refractivity contribution in [3.63, 3.8) is 0 Å². The number of carbonyl (C=O) groups is 3. The van der Waals surface area contributed by atoms with Crippen LogP contribution in [0.1, 0.15) is 104 Å². The maximum Gasteiger partial charge on any atom is 0.410 e. The Labute approximate surface area is 298 Å². The summed E-state index contributed by atoms with van der Waals surface area (Å²) in [6.45, 7) is 17.3. The van der Waals surface area contributed by atoms with Crippen molar-refractivity contribution in [3.8, 4) is 0 Å². The number of likely N-dealkylation sites (tertiary alicyclic amines) is 2. The molecule has 6 rings (SSSR count). The number of ether oxygens (including phenoxy) is 3. The van der Waals surface area contributed by atoms with Crippen LogP contribution in [-0.4, -0.2) is 76.5 Å². The Morgan fingerprint density at radius 3 is 1.72 bits per heavy atom. The normalized spacial score (nSPS) is 22.7. The van der Waals surface area contributed by atoms with Crippen molar-refractivity contribution in [2.75, 3.05) is 26.2 Å². The predicted molar refractivity (Wildman–Crippen MR) is 194 cm³/mol. The van der Waals surface area contributed by atoms with Gasteiger partial charge in [0.1, 0.15) is 17.8 Å². The summed E-state index contributed by atoms with van der Waals surface area (Å²) in [4.78, 5) is 40.9. The average molecular weight is 691 g/mol. The van der Waals surface area contributed by atoms with Gasteiger partial charge in [-0.25, -0.2) is 14.4 Å². The summed E-state index contributed by atoms with van der Waals surface area (Å²) in [6.07, 6.45) is 5.10. The summed E-state index contributed by atoms with van der Waals surface area (Å²) in [6, 6.07) is 20.7. The topological polar surface area (TPSA) is 109 Å². The Kier molecular flexibility index (Phi) is 11.4. The highest BCUT2D eigenvalue weighted by Crippen LogP contribution is 2.48. The number of benzene rings is 2. The molecule has 2 aromatic rings. The summed E-state index contributed by atoms with van der Waals surface area (Å²) in [7, 11) is 0. The van der Waals surface area contributed by atoms with Crippen molar-refractivity contribution >= 4 is 18.3 Å². The number of alkyl carbamates (subject to hydrolysis) is 2. The fourth-order valence-corrected chi connectivity index (χ4v) is 7.27. The highest BCUT2D eigenvalue weighted by molar-refractivity contribution is 5.70. The van der Waals surface area contributed by atoms with Crippen molar-refractivity contribution in [2.45, 2.75) is 122 Å². The minimum absolute atomic E-state index is 0.0342. The molecule has 0 bridgehead atoms. The second-order valence-electron chi connectivity index (χ2n) is 16.6. The highest BCUT2D eigenvalue weighted by atomic mass is 16.6. The van der Waals surface area contributed by atoms with Gasteiger partial charge in [0, 0.05) is 42.7 Å². The monoisotopic (exact) mass is 690 g/mol. The van der Waals surface area contributed by atoms with Crippen LogP contribution in [0.2, 0.25) is 0 Å². The Bertz CT molecular complexity index is 1450. The molecule has 2 aromatic carbocycles. The first-order chi connectivity index (χ1) is 23.6. The third kappa shape index (κ3) is 10.4. The minimum Gasteiger partial charge on any atom is -0.445 e. The van der Waals surface area contributed by atoms with Crippen LogP contribution in [0, 0.1) is 11.8 Å². The molecule has 2 aliphatic carbocycles. The van der Waals surface area contributed by atoms with E-state index in [1.807, 2.05) is 71.9 Å². The molecule has 0 unspecified atom stereocenters. The van der Waals surface area contributed by atoms with E-state index in [1.54, 1.807) is 4.90 Å². The number of nitrogens with one attached hydrogen (secondary N) is 2. The van der Waals surface area contributed by atoms with Crippen LogP contribution in [0.5, 0.6) is 0 Å². The van der Waals surface area contributed by atoms with Gasteiger partial charge in [0.25, 0.3) is 0 Å². The molecular formula is C40H58N4O6. The summed E-state index contributed by atoms with van der Waals surface area (Å²) < 4.78 is 16.2. The standard InChI is InChI=1S/C20H28N2O4.C20H30N2O2/c1-19(2,3)26-17(23)21-20(10-11-20)16-9-12-22(13-16)18(24)25-14-15-7-5-4-6-8-15;1-15(16-8-6-5-7-9-16)22-13-10-17(14-22)20(11-12-20)21-18(23)24-19(2,3)4/h4-8,16H,9-14H2,1-3H3,(H,21,23);5-9,15,17H,10-14H2,1-4H3,(H,21,23)/t16-;15-,17+/m10/s1. The molecule has 0 spiro atoms. The zero-order chi connectivity index (χ0) is 36.2. The van der Waals surface area contributed by atoms with Gasteiger partial charge in [0.2, 0.25) is 0 Å². The van der Waals surface area contributed by atoms with Crippen molar-refractivity contribution in [3.05, 3.63) is 71.8 Å². The van der Waals surface area contributed by atoms with Crippen molar-refractivity contribution in [2.24, 2.45) is 11.8 Å². The lowest BCUT2D eigenvalue weighted by Crippen LogP contribution is -2.46. The largest absolute Gasteiger partial charge is 0.445 e. The van der Waals surface area contributed by atoms with Gasteiger partial charge in [-0.1, -0.05) is 60.7 Å². The van der Waals surface area contributed by atoms with Crippen LogP contribution in [0.4, 0.5) is 14.4 Å². The van der Waals surface area contributed by atoms with Gasteiger partial charge < -0.3 is 29.7 Å². The first-order valence-electron chi connectivity index (χ1n) is 18.3. The molecule has 50 heavy (non-hydrogen) atoms. The van der Waals surface area contributed by atoms with Crippen LogP contribution in [0.15, 0.2) is 60.7 Å². The second-order valence-corrected chi connectivity index (χ2v) is 16.6. The predicted octanol–water partition coefficient (Wildman–Crippen LogP) is 7.83. The Hall–Kier alpha value is -3.79. The molecule has 4 fully saturated rings. The average Bonchev–Trinajstić information content (AvgIpc) is 3.86. The summed E-state index contributed by atoms with van der Waals surface area (Å²) in [5, 5.41) is 6.22. The van der Waals surface area contributed by atoms with E-state index in [0.717, 1.165) is 57.2 Å². The first-order valence-corrected chi connectivity index (χ1v) is 18.3. The quantitative estimate of drug-likeness (QED) is 0.272. The van der Waals surface area contributed by atoms with Gasteiger partial charge in [0.15, 0.2) is 0 Å². The van der Waals surface area contributed by atoms with E-state index in [2.05, 4.69) is 52.8 Å². The number of amides is 3. The van der Waals surface area contributed by atoms with Gasteiger partial charge in [-0.15, -0.1) is 0 Å². The van der Waals surface area contributed by atoms with E-state index in [-0.39, 0.29) is 41.9 Å². The van der Waals surface area contributed by atoms with Gasteiger partial charge >= 0.3 is 18.3 Å². The van der Waals surface area contributed by atoms with Crippen molar-refractivity contribution in [1.82, 2.24) is 20.4 Å². The molecule has 2 saturated heterocycles. The highest BCUT2D eigenvalue weighted by Gasteiger charge is 2.54. The molecule has 3 amide bonds. The molecule has 3 atom stereocenters. The van der Waals surface area contributed by atoms with Crippen LogP contribution in [0.25, 0.3) is 0 Å². The van der Waals surface area contributed by atoms with Gasteiger partial charge in [-0.3, -0.25) is 4.90 Å². The molecule has 10 heteroatoms. The molecule has 2 N–H and O–H groups in total. The smallest absolute Gasteiger partial charge is 0.410 e. The van der Waals surface area contributed by atoms with E-state index < -0.39 is 11.2 Å². The number of nitrogens with zero attached hydrogens (tertiary/aromatic N) is 2. The zero-order valence-corrected chi connectivity index (χ0v) is 31.1. The Morgan fingerprint density at radius 2 is 1.22 bits per heavy atom. The van der Waals surface area contributed by atoms with E-state index in [9.17, 15) is 14.4 Å². The molecule has 4 aliphatic rings. The lowest BCUT2D eigenvalue weighted by Gasteiger charge is -2.29. The van der Waals surface area contributed by atoms with E-state index in [4.69, 9.17) is 14.2 Å². The molecule has 10 nitrogen and oxygen atoms in total. The number of rotatable bonds is 8. The Morgan fingerprint density at radius 1 is 0.740 bits per heavy atom. The fourth-order valence-electron chi connectivity index (χ4n) is 7.27. The third-order valence-electron chi connectivity index (χ3n) is 10.3. The SMILES string of the molecule is CC(C)(C)OC(=O)NC1([C@@H]2CCN(C(=O)OCc3ccccc3)C2)CC1.C[C@@H](c1ccccc1)N1CC[C@@H](C2(NC(=O)OC(C)(C)C)CC2)C1. The van der Waals surface area contributed by atoms with Crippen molar-refractivity contribution in [1.29, 1.82) is 0 Å². The number of hydrogen-bond acceptors (Lipinski definition) is 7. The number of hydrogen-bond donors (Lipinski definition) is 2. The van der Waals surface area contributed by atoms with E-state index in [0.29, 0.717) is 25.0 Å². The summed E-state index contributed by atoms with van der Waals surface area (Å²) >= 11 is 0. The zero-order valence-electron chi connectivity index (χ0n) is 31.1. The number of carbonyl (C=O) groups excluding carboxylic acids is 3. The molecule has 0 aromatic heterocycles. The second kappa shape index (κ2) is 15.2. The van der Waals surface area contributed by atoms with Crippen LogP contribution in [0.3, 0.4) is 0 Å². The van der Waals surface area contributed by atoms with E-state index in [1.165, 1.54) is 5.56 Å². The molecule has 2 saturated carbocycles. The maximum absolute atomic E-state index is 12.3. The lowest BCUT2D eigenvalue weighted by atomic mass is 9.96. The third-order valence-corrected chi connectivity index (χ3v) is 10.3. The fraction of sp³-hybridized carbons (Fsp3) is 0.625. The summed E-state index contributed by atoms with van der Waals surface area (Å²) in [5.41, 5.74) is 1.13. The Balaban J connectivity index is 0.000000195. The van der Waals surface area contributed by atoms with Crippen LogP contribution in [-0.2, 0) is 20.8 Å². The maximum atomic E-state index is 12.3. The van der Waals surface area contributed by atoms with Crippen molar-refractivity contribution < 1.29 is 28.6 Å². The van der Waals surface area contributed by atoms with Gasteiger partial charge in [-0.05, 0) is 111 Å². The lowest BCUT2D eigenvalue weighted by molar-refractivity contribution is 0.0462. The van der Waals surface area contributed by atoms with Gasteiger partial charge in [0.05, 0.1) is 0 Å². The molecule has 0 radical (unpaired) electrons. The van der Waals surface area contributed by atoms with E-state index >= 15 is 0 Å². The minimum atomic E-state index is -0.511. The summed E-state index contributed by atoms with van der Waals surface area (Å²) in [5.74, 6) is 0.774. The van der Waals surface area contributed by atoms with Crippen LogP contribution < -0.4 is 10.6 Å². The molecule has 2 heterocycles. The van der Waals surface area contributed by atoms with Gasteiger partial charge in [-0.2, -0.15) is 0 Å².